The van der Waals surface area contributed by atoms with E-state index in [9.17, 15) is 13.2 Å². The van der Waals surface area contributed by atoms with E-state index in [1.165, 1.54) is 12.8 Å². The summed E-state index contributed by atoms with van der Waals surface area (Å²) in [5.41, 5.74) is 1.85. The Morgan fingerprint density at radius 3 is 2.50 bits per heavy atom. The molecule has 0 aliphatic carbocycles. The zero-order valence-corrected chi connectivity index (χ0v) is 19.6. The molecular formula is C23H37N3O3S. The van der Waals surface area contributed by atoms with Gasteiger partial charge in [0.2, 0.25) is 15.9 Å². The molecule has 0 atom stereocenters. The van der Waals surface area contributed by atoms with Crippen molar-refractivity contribution in [1.29, 1.82) is 0 Å². The standard InChI is InChI=1S/C23H37N3O3S/c1-4-5-6-13-24(19(2)3)18-23(27)26-16-9-10-20-17-21(11-12-22(20)26)30(28,29)25-14-7-8-15-25/h11-12,17,19H,4-10,13-16,18H2,1-3H3. The molecule has 0 bridgehead atoms. The molecule has 7 heteroatoms. The van der Waals surface area contributed by atoms with Gasteiger partial charge in [-0.25, -0.2) is 8.42 Å². The Hall–Kier alpha value is -1.44. The molecule has 3 rings (SSSR count). The number of hydrogen-bond donors (Lipinski definition) is 0. The summed E-state index contributed by atoms with van der Waals surface area (Å²) in [5.74, 6) is 0.108. The van der Waals surface area contributed by atoms with Crippen molar-refractivity contribution in [2.45, 2.75) is 76.7 Å². The maximum Gasteiger partial charge on any atom is 0.243 e. The van der Waals surface area contributed by atoms with Crippen LogP contribution in [0, 0.1) is 0 Å². The summed E-state index contributed by atoms with van der Waals surface area (Å²) in [6.45, 7) is 9.72. The van der Waals surface area contributed by atoms with Crippen molar-refractivity contribution < 1.29 is 13.2 Å². The number of sulfonamides is 1. The first-order valence-corrected chi connectivity index (χ1v) is 13.0. The van der Waals surface area contributed by atoms with Crippen LogP contribution >= 0.6 is 0 Å². The molecule has 0 N–H and O–H groups in total. The third-order valence-electron chi connectivity index (χ3n) is 6.29. The first-order valence-electron chi connectivity index (χ1n) is 11.5. The van der Waals surface area contributed by atoms with E-state index in [1.807, 2.05) is 11.0 Å². The summed E-state index contributed by atoms with van der Waals surface area (Å²) in [4.78, 5) is 17.6. The maximum absolute atomic E-state index is 13.2. The third kappa shape index (κ3) is 5.24. The van der Waals surface area contributed by atoms with Gasteiger partial charge in [-0.05, 0) is 76.3 Å². The van der Waals surface area contributed by atoms with E-state index in [0.29, 0.717) is 37.1 Å². The molecule has 6 nitrogen and oxygen atoms in total. The van der Waals surface area contributed by atoms with Gasteiger partial charge in [0.1, 0.15) is 0 Å². The molecule has 30 heavy (non-hydrogen) atoms. The Balaban J connectivity index is 1.76. The van der Waals surface area contributed by atoms with Crippen LogP contribution in [0.2, 0.25) is 0 Å². The number of aryl methyl sites for hydroxylation is 1. The highest BCUT2D eigenvalue weighted by Gasteiger charge is 2.30. The van der Waals surface area contributed by atoms with Crippen LogP contribution < -0.4 is 4.90 Å². The van der Waals surface area contributed by atoms with Crippen molar-refractivity contribution >= 4 is 21.6 Å². The van der Waals surface area contributed by atoms with Crippen molar-refractivity contribution in [3.63, 3.8) is 0 Å². The highest BCUT2D eigenvalue weighted by atomic mass is 32.2. The van der Waals surface area contributed by atoms with Crippen LogP contribution in [0.25, 0.3) is 0 Å². The van der Waals surface area contributed by atoms with Crippen LogP contribution in [0.4, 0.5) is 5.69 Å². The normalized spacial score (nSPS) is 17.7. The summed E-state index contributed by atoms with van der Waals surface area (Å²) in [6, 6.07) is 5.64. The Labute approximate surface area is 182 Å². The number of fused-ring (bicyclic) bond motifs is 1. The predicted molar refractivity (Wildman–Crippen MR) is 121 cm³/mol. The van der Waals surface area contributed by atoms with Gasteiger partial charge in [0, 0.05) is 31.4 Å². The van der Waals surface area contributed by atoms with E-state index >= 15 is 0 Å². The molecule has 1 aromatic carbocycles. The summed E-state index contributed by atoms with van der Waals surface area (Å²) in [7, 11) is -3.43. The lowest BCUT2D eigenvalue weighted by atomic mass is 10.0. The van der Waals surface area contributed by atoms with Gasteiger partial charge in [0.05, 0.1) is 11.4 Å². The Bertz CT molecular complexity index is 832. The van der Waals surface area contributed by atoms with E-state index in [0.717, 1.165) is 49.9 Å². The first-order chi connectivity index (χ1) is 14.3. The number of unbranched alkanes of at least 4 members (excludes halogenated alkanes) is 2. The highest BCUT2D eigenvalue weighted by Crippen LogP contribution is 2.31. The van der Waals surface area contributed by atoms with Gasteiger partial charge in [-0.3, -0.25) is 9.69 Å². The Kier molecular flexibility index (Phi) is 7.93. The lowest BCUT2D eigenvalue weighted by Gasteiger charge is -2.33. The summed E-state index contributed by atoms with van der Waals surface area (Å²) < 4.78 is 27.4. The van der Waals surface area contributed by atoms with Crippen LogP contribution in [-0.4, -0.2) is 62.3 Å². The van der Waals surface area contributed by atoms with Crippen molar-refractivity contribution in [2.24, 2.45) is 0 Å². The van der Waals surface area contributed by atoms with Gasteiger partial charge in [0.15, 0.2) is 0 Å². The first kappa shape index (κ1) is 23.2. The molecule has 2 aliphatic heterocycles. The predicted octanol–water partition coefficient (Wildman–Crippen LogP) is 3.65. The summed E-state index contributed by atoms with van der Waals surface area (Å²) >= 11 is 0. The molecule has 1 amide bonds. The number of nitrogens with zero attached hydrogens (tertiary/aromatic N) is 3. The van der Waals surface area contributed by atoms with E-state index in [1.54, 1.807) is 16.4 Å². The fraction of sp³-hybridized carbons (Fsp3) is 0.696. The lowest BCUT2D eigenvalue weighted by molar-refractivity contribution is -0.120. The molecule has 0 aromatic heterocycles. The van der Waals surface area contributed by atoms with E-state index in [2.05, 4.69) is 25.7 Å². The fourth-order valence-corrected chi connectivity index (χ4v) is 5.98. The number of amides is 1. The molecule has 1 aromatic rings. The second-order valence-corrected chi connectivity index (χ2v) is 10.8. The molecule has 0 saturated carbocycles. The molecule has 2 aliphatic rings. The van der Waals surface area contributed by atoms with Gasteiger partial charge in [-0.15, -0.1) is 0 Å². The fourth-order valence-electron chi connectivity index (χ4n) is 4.41. The molecule has 1 fully saturated rings. The smallest absolute Gasteiger partial charge is 0.243 e. The van der Waals surface area contributed by atoms with E-state index in [4.69, 9.17) is 0 Å². The largest absolute Gasteiger partial charge is 0.311 e. The summed E-state index contributed by atoms with van der Waals surface area (Å²) in [5, 5.41) is 0. The van der Waals surface area contributed by atoms with Crippen LogP contribution in [0.1, 0.15) is 64.9 Å². The molecule has 0 spiro atoms. The number of carbonyl (C=O) groups is 1. The van der Waals surface area contributed by atoms with Crippen LogP contribution in [0.3, 0.4) is 0 Å². The summed E-state index contributed by atoms with van der Waals surface area (Å²) in [6.07, 6.45) is 6.99. The monoisotopic (exact) mass is 435 g/mol. The van der Waals surface area contributed by atoms with Crippen LogP contribution in [0.5, 0.6) is 0 Å². The molecule has 2 heterocycles. The zero-order valence-electron chi connectivity index (χ0n) is 18.8. The number of anilines is 1. The van der Waals surface area contributed by atoms with Gasteiger partial charge in [0.25, 0.3) is 0 Å². The molecular weight excluding hydrogens is 398 g/mol. The average Bonchev–Trinajstić information content (AvgIpc) is 3.28. The third-order valence-corrected chi connectivity index (χ3v) is 8.19. The Morgan fingerprint density at radius 1 is 1.10 bits per heavy atom. The van der Waals surface area contributed by atoms with Crippen LogP contribution in [-0.2, 0) is 21.2 Å². The van der Waals surface area contributed by atoms with E-state index < -0.39 is 10.0 Å². The number of hydrogen-bond acceptors (Lipinski definition) is 4. The molecule has 1 saturated heterocycles. The number of carbonyl (C=O) groups excluding carboxylic acids is 1. The van der Waals surface area contributed by atoms with Gasteiger partial charge >= 0.3 is 0 Å². The second-order valence-electron chi connectivity index (χ2n) is 8.82. The van der Waals surface area contributed by atoms with Gasteiger partial charge < -0.3 is 4.90 Å². The van der Waals surface area contributed by atoms with Crippen molar-refractivity contribution in [1.82, 2.24) is 9.21 Å². The van der Waals surface area contributed by atoms with Crippen molar-refractivity contribution in [3.05, 3.63) is 23.8 Å². The second kappa shape index (κ2) is 10.2. The Morgan fingerprint density at radius 2 is 1.83 bits per heavy atom. The highest BCUT2D eigenvalue weighted by molar-refractivity contribution is 7.89. The number of benzene rings is 1. The van der Waals surface area contributed by atoms with Gasteiger partial charge in [-0.1, -0.05) is 19.8 Å². The minimum absolute atomic E-state index is 0.108. The van der Waals surface area contributed by atoms with E-state index in [-0.39, 0.29) is 5.91 Å². The minimum Gasteiger partial charge on any atom is -0.311 e. The molecule has 168 valence electrons. The topological polar surface area (TPSA) is 60.9 Å². The maximum atomic E-state index is 13.2. The lowest BCUT2D eigenvalue weighted by Crippen LogP contribution is -2.45. The SMILES string of the molecule is CCCCCN(CC(=O)N1CCCc2cc(S(=O)(=O)N3CCCC3)ccc21)C(C)C. The number of rotatable bonds is 9. The van der Waals surface area contributed by atoms with Crippen LogP contribution in [0.15, 0.2) is 23.1 Å². The zero-order chi connectivity index (χ0) is 21.7. The quantitative estimate of drug-likeness (QED) is 0.556. The average molecular weight is 436 g/mol. The van der Waals surface area contributed by atoms with Crippen molar-refractivity contribution in [2.75, 3.05) is 37.6 Å². The van der Waals surface area contributed by atoms with Gasteiger partial charge in [-0.2, -0.15) is 4.31 Å². The molecule has 0 radical (unpaired) electrons. The molecule has 0 unspecified atom stereocenters. The van der Waals surface area contributed by atoms with Crippen molar-refractivity contribution in [3.8, 4) is 0 Å². The minimum atomic E-state index is -3.43.